The number of hydrogen-bond donors (Lipinski definition) is 1. The third-order valence-electron chi connectivity index (χ3n) is 3.52. The zero-order valence-electron chi connectivity index (χ0n) is 10.1. The molecule has 0 aliphatic carbocycles. The number of aryl methyl sites for hydroxylation is 2. The summed E-state index contributed by atoms with van der Waals surface area (Å²) < 4.78 is 0. The SMILES string of the molecule is Cc1cc(C)cc(C2(C)CCCNC2)c1. The zero-order valence-corrected chi connectivity index (χ0v) is 10.1. The van der Waals surface area contributed by atoms with Crippen molar-refractivity contribution in [1.82, 2.24) is 5.32 Å². The van der Waals surface area contributed by atoms with Gasteiger partial charge < -0.3 is 5.32 Å². The molecule has 1 atom stereocenters. The van der Waals surface area contributed by atoms with Crippen LogP contribution in [0.15, 0.2) is 18.2 Å². The molecule has 0 aromatic heterocycles. The van der Waals surface area contributed by atoms with Gasteiger partial charge in [-0.2, -0.15) is 0 Å². The van der Waals surface area contributed by atoms with E-state index in [2.05, 4.69) is 44.3 Å². The highest BCUT2D eigenvalue weighted by atomic mass is 14.9. The molecule has 1 unspecified atom stereocenters. The molecule has 0 saturated carbocycles. The van der Waals surface area contributed by atoms with Crippen molar-refractivity contribution in [3.63, 3.8) is 0 Å². The van der Waals surface area contributed by atoms with Crippen LogP contribution in [0.1, 0.15) is 36.5 Å². The molecule has 1 aliphatic heterocycles. The average molecular weight is 203 g/mol. The highest BCUT2D eigenvalue weighted by Crippen LogP contribution is 2.31. The van der Waals surface area contributed by atoms with Gasteiger partial charge in [0.15, 0.2) is 0 Å². The van der Waals surface area contributed by atoms with Crippen LogP contribution in [0, 0.1) is 13.8 Å². The minimum atomic E-state index is 0.342. The van der Waals surface area contributed by atoms with Crippen LogP contribution in [0.5, 0.6) is 0 Å². The zero-order chi connectivity index (χ0) is 10.9. The Kier molecular flexibility index (Phi) is 2.83. The van der Waals surface area contributed by atoms with E-state index in [-0.39, 0.29) is 0 Å². The van der Waals surface area contributed by atoms with Crippen LogP contribution in [-0.2, 0) is 5.41 Å². The lowest BCUT2D eigenvalue weighted by Crippen LogP contribution is -2.41. The Hall–Kier alpha value is -0.820. The number of hydrogen-bond acceptors (Lipinski definition) is 1. The van der Waals surface area contributed by atoms with Crippen LogP contribution in [-0.4, -0.2) is 13.1 Å². The second kappa shape index (κ2) is 3.97. The van der Waals surface area contributed by atoms with E-state index in [0.29, 0.717) is 5.41 Å². The number of piperidine rings is 1. The summed E-state index contributed by atoms with van der Waals surface area (Å²) >= 11 is 0. The highest BCUT2D eigenvalue weighted by molar-refractivity contribution is 5.34. The van der Waals surface area contributed by atoms with Gasteiger partial charge in [0.2, 0.25) is 0 Å². The maximum atomic E-state index is 3.51. The molecule has 1 N–H and O–H groups in total. The fraction of sp³-hybridized carbons (Fsp3) is 0.571. The standard InChI is InChI=1S/C14H21N/c1-11-7-12(2)9-13(8-11)14(3)5-4-6-15-10-14/h7-9,15H,4-6,10H2,1-3H3. The van der Waals surface area contributed by atoms with Gasteiger partial charge in [0.1, 0.15) is 0 Å². The Labute approximate surface area is 92.9 Å². The van der Waals surface area contributed by atoms with Gasteiger partial charge in [0.25, 0.3) is 0 Å². The lowest BCUT2D eigenvalue weighted by molar-refractivity contribution is 0.339. The van der Waals surface area contributed by atoms with Gasteiger partial charge in [-0.05, 0) is 38.8 Å². The molecule has 0 radical (unpaired) electrons. The Bertz CT molecular complexity index is 328. The second-order valence-electron chi connectivity index (χ2n) is 5.22. The summed E-state index contributed by atoms with van der Waals surface area (Å²) in [5.41, 5.74) is 4.62. The lowest BCUT2D eigenvalue weighted by Gasteiger charge is -2.35. The van der Waals surface area contributed by atoms with E-state index >= 15 is 0 Å². The monoisotopic (exact) mass is 203 g/mol. The van der Waals surface area contributed by atoms with Crippen molar-refractivity contribution in [3.8, 4) is 0 Å². The van der Waals surface area contributed by atoms with Crippen LogP contribution in [0.3, 0.4) is 0 Å². The van der Waals surface area contributed by atoms with Gasteiger partial charge in [0.05, 0.1) is 0 Å². The molecule has 1 nitrogen and oxygen atoms in total. The third kappa shape index (κ3) is 2.23. The van der Waals surface area contributed by atoms with Crippen LogP contribution >= 0.6 is 0 Å². The smallest absolute Gasteiger partial charge is 0.00502 e. The van der Waals surface area contributed by atoms with Gasteiger partial charge in [-0.25, -0.2) is 0 Å². The summed E-state index contributed by atoms with van der Waals surface area (Å²) in [6.45, 7) is 9.07. The second-order valence-corrected chi connectivity index (χ2v) is 5.22. The predicted octanol–water partition coefficient (Wildman–Crippen LogP) is 2.94. The Morgan fingerprint density at radius 1 is 1.13 bits per heavy atom. The first-order valence-corrected chi connectivity index (χ1v) is 5.90. The van der Waals surface area contributed by atoms with Crippen molar-refractivity contribution in [3.05, 3.63) is 34.9 Å². The summed E-state index contributed by atoms with van der Waals surface area (Å²) in [4.78, 5) is 0. The van der Waals surface area contributed by atoms with E-state index in [0.717, 1.165) is 6.54 Å². The van der Waals surface area contributed by atoms with Gasteiger partial charge in [-0.1, -0.05) is 36.2 Å². The normalized spacial score (nSPS) is 26.6. The van der Waals surface area contributed by atoms with E-state index < -0.39 is 0 Å². The molecule has 82 valence electrons. The van der Waals surface area contributed by atoms with Gasteiger partial charge in [0, 0.05) is 12.0 Å². The molecular formula is C14H21N. The van der Waals surface area contributed by atoms with Crippen molar-refractivity contribution in [2.24, 2.45) is 0 Å². The molecule has 2 rings (SSSR count). The number of rotatable bonds is 1. The fourth-order valence-electron chi connectivity index (χ4n) is 2.63. The van der Waals surface area contributed by atoms with E-state index in [1.807, 2.05) is 0 Å². The topological polar surface area (TPSA) is 12.0 Å². The minimum Gasteiger partial charge on any atom is -0.316 e. The van der Waals surface area contributed by atoms with Crippen LogP contribution < -0.4 is 5.32 Å². The maximum absolute atomic E-state index is 3.51. The molecule has 1 aromatic rings. The summed E-state index contributed by atoms with van der Waals surface area (Å²) in [6.07, 6.45) is 2.60. The molecule has 1 fully saturated rings. The molecule has 0 bridgehead atoms. The summed E-state index contributed by atoms with van der Waals surface area (Å²) in [5, 5.41) is 3.51. The maximum Gasteiger partial charge on any atom is 0.00502 e. The van der Waals surface area contributed by atoms with Crippen molar-refractivity contribution >= 4 is 0 Å². The van der Waals surface area contributed by atoms with Crippen LogP contribution in [0.4, 0.5) is 0 Å². The molecule has 0 amide bonds. The fourth-order valence-corrected chi connectivity index (χ4v) is 2.63. The predicted molar refractivity (Wildman–Crippen MR) is 65.4 cm³/mol. The van der Waals surface area contributed by atoms with Crippen molar-refractivity contribution in [2.75, 3.05) is 13.1 Å². The summed E-state index contributed by atoms with van der Waals surface area (Å²) in [7, 11) is 0. The molecule has 1 heteroatoms. The molecule has 1 aliphatic rings. The molecule has 1 saturated heterocycles. The Morgan fingerprint density at radius 3 is 2.33 bits per heavy atom. The van der Waals surface area contributed by atoms with Crippen molar-refractivity contribution in [1.29, 1.82) is 0 Å². The van der Waals surface area contributed by atoms with Gasteiger partial charge in [-0.15, -0.1) is 0 Å². The Balaban J connectivity index is 2.34. The molecule has 1 heterocycles. The largest absolute Gasteiger partial charge is 0.316 e. The van der Waals surface area contributed by atoms with E-state index in [9.17, 15) is 0 Å². The molecule has 0 spiro atoms. The Morgan fingerprint density at radius 2 is 1.80 bits per heavy atom. The third-order valence-corrected chi connectivity index (χ3v) is 3.52. The highest BCUT2D eigenvalue weighted by Gasteiger charge is 2.28. The lowest BCUT2D eigenvalue weighted by atomic mass is 9.76. The van der Waals surface area contributed by atoms with E-state index in [1.54, 1.807) is 0 Å². The number of benzene rings is 1. The van der Waals surface area contributed by atoms with Gasteiger partial charge in [-0.3, -0.25) is 0 Å². The average Bonchev–Trinajstić information content (AvgIpc) is 2.17. The summed E-state index contributed by atoms with van der Waals surface area (Å²) in [5.74, 6) is 0. The quantitative estimate of drug-likeness (QED) is 0.740. The number of nitrogens with one attached hydrogen (secondary N) is 1. The summed E-state index contributed by atoms with van der Waals surface area (Å²) in [6, 6.07) is 6.95. The first-order chi connectivity index (χ1) is 7.10. The van der Waals surface area contributed by atoms with E-state index in [1.165, 1.54) is 36.1 Å². The van der Waals surface area contributed by atoms with E-state index in [4.69, 9.17) is 0 Å². The van der Waals surface area contributed by atoms with Crippen LogP contribution in [0.2, 0.25) is 0 Å². The van der Waals surface area contributed by atoms with Crippen molar-refractivity contribution in [2.45, 2.75) is 39.0 Å². The first kappa shape index (κ1) is 10.7. The molecular weight excluding hydrogens is 182 g/mol. The van der Waals surface area contributed by atoms with Crippen LogP contribution in [0.25, 0.3) is 0 Å². The molecule has 1 aromatic carbocycles. The van der Waals surface area contributed by atoms with Crippen molar-refractivity contribution < 1.29 is 0 Å². The minimum absolute atomic E-state index is 0.342. The first-order valence-electron chi connectivity index (χ1n) is 5.90. The molecule has 15 heavy (non-hydrogen) atoms. The van der Waals surface area contributed by atoms with Gasteiger partial charge >= 0.3 is 0 Å².